The minimum Gasteiger partial charge on any atom is -0.329 e. The van der Waals surface area contributed by atoms with Gasteiger partial charge in [-0.05, 0) is 31.6 Å². The van der Waals surface area contributed by atoms with E-state index in [2.05, 4.69) is 18.5 Å². The average molecular weight is 255 g/mol. The summed E-state index contributed by atoms with van der Waals surface area (Å²) in [5, 5.41) is 2.71. The van der Waals surface area contributed by atoms with Gasteiger partial charge in [-0.3, -0.25) is 4.79 Å². The van der Waals surface area contributed by atoms with Gasteiger partial charge in [-0.1, -0.05) is 55.7 Å². The molecule has 2 heteroatoms. The predicted molar refractivity (Wildman–Crippen MR) is 83.5 cm³/mol. The van der Waals surface area contributed by atoms with Crippen LogP contribution in [0.25, 0.3) is 0 Å². The van der Waals surface area contributed by atoms with Crippen molar-refractivity contribution in [1.29, 1.82) is 0 Å². The van der Waals surface area contributed by atoms with E-state index in [-0.39, 0.29) is 5.91 Å². The number of rotatable bonds is 7. The van der Waals surface area contributed by atoms with Crippen LogP contribution in [0.5, 0.6) is 0 Å². The first-order chi connectivity index (χ1) is 9.19. The third-order valence-corrected chi connectivity index (χ3v) is 2.23. The van der Waals surface area contributed by atoms with Crippen LogP contribution in [0, 0.1) is 0 Å². The van der Waals surface area contributed by atoms with Gasteiger partial charge in [0.05, 0.1) is 0 Å². The van der Waals surface area contributed by atoms with E-state index in [1.54, 1.807) is 36.6 Å². The molecule has 19 heavy (non-hydrogen) atoms. The fourth-order valence-corrected chi connectivity index (χ4v) is 1.20. The number of carbonyl (C=O) groups excluding carboxylic acids is 1. The molecule has 0 saturated heterocycles. The van der Waals surface area contributed by atoms with Gasteiger partial charge in [-0.2, -0.15) is 0 Å². The lowest BCUT2D eigenvalue weighted by Gasteiger charge is -2.00. The van der Waals surface area contributed by atoms with Gasteiger partial charge in [0.25, 0.3) is 5.91 Å². The molecular weight excluding hydrogens is 234 g/mol. The standard InChI is InChI=1S/C17H21NO/c1-5-9-11-15(7-3)13-14-18-17(19)16(8-4)12-10-6-2/h5-14H,1-2H2,3-4H3,(H,18,19)/b11-9-,12-10-,14-13+,15-7+,16-8+. The smallest absolute Gasteiger partial charge is 0.254 e. The molecule has 0 atom stereocenters. The second-order valence-electron chi connectivity index (χ2n) is 3.53. The van der Waals surface area contributed by atoms with Crippen LogP contribution in [0.1, 0.15) is 13.8 Å². The molecule has 1 N–H and O–H groups in total. The molecule has 0 aromatic carbocycles. The normalized spacial score (nSPS) is 13.4. The van der Waals surface area contributed by atoms with Crippen LogP contribution in [0.15, 0.2) is 85.2 Å². The zero-order valence-corrected chi connectivity index (χ0v) is 11.6. The number of hydrogen-bond donors (Lipinski definition) is 1. The van der Waals surface area contributed by atoms with E-state index in [9.17, 15) is 4.79 Å². The highest BCUT2D eigenvalue weighted by Crippen LogP contribution is 2.00. The summed E-state index contributed by atoms with van der Waals surface area (Å²) in [6.07, 6.45) is 17.6. The lowest BCUT2D eigenvalue weighted by atomic mass is 10.2. The molecule has 0 aliphatic carbocycles. The zero-order chi connectivity index (χ0) is 14.5. The van der Waals surface area contributed by atoms with Crippen molar-refractivity contribution in [3.05, 3.63) is 85.2 Å². The minimum atomic E-state index is -0.153. The Morgan fingerprint density at radius 1 is 0.947 bits per heavy atom. The van der Waals surface area contributed by atoms with Gasteiger partial charge in [-0.25, -0.2) is 0 Å². The lowest BCUT2D eigenvalue weighted by molar-refractivity contribution is -0.116. The second-order valence-corrected chi connectivity index (χ2v) is 3.53. The third-order valence-electron chi connectivity index (χ3n) is 2.23. The largest absolute Gasteiger partial charge is 0.329 e. The molecule has 0 aromatic rings. The Hall–Kier alpha value is -2.35. The highest BCUT2D eigenvalue weighted by atomic mass is 16.1. The van der Waals surface area contributed by atoms with Gasteiger partial charge in [0, 0.05) is 11.8 Å². The monoisotopic (exact) mass is 255 g/mol. The third kappa shape index (κ3) is 7.55. The summed E-state index contributed by atoms with van der Waals surface area (Å²) < 4.78 is 0. The first-order valence-corrected chi connectivity index (χ1v) is 6.07. The van der Waals surface area contributed by atoms with E-state index in [0.29, 0.717) is 5.57 Å². The molecule has 0 aliphatic rings. The molecule has 0 heterocycles. The van der Waals surface area contributed by atoms with E-state index in [1.165, 1.54) is 0 Å². The van der Waals surface area contributed by atoms with Gasteiger partial charge in [0.2, 0.25) is 0 Å². The minimum absolute atomic E-state index is 0.153. The van der Waals surface area contributed by atoms with E-state index < -0.39 is 0 Å². The molecular formula is C17H21NO. The summed E-state index contributed by atoms with van der Waals surface area (Å²) in [5.74, 6) is -0.153. The summed E-state index contributed by atoms with van der Waals surface area (Å²) in [5.41, 5.74) is 1.58. The lowest BCUT2D eigenvalue weighted by Crippen LogP contribution is -2.18. The van der Waals surface area contributed by atoms with Crippen LogP contribution in [-0.2, 0) is 4.79 Å². The molecule has 0 saturated carbocycles. The van der Waals surface area contributed by atoms with Crippen molar-refractivity contribution in [2.45, 2.75) is 13.8 Å². The second kappa shape index (κ2) is 10.8. The number of allylic oxidation sites excluding steroid dienone is 9. The summed E-state index contributed by atoms with van der Waals surface area (Å²) in [7, 11) is 0. The summed E-state index contributed by atoms with van der Waals surface area (Å²) in [6, 6.07) is 0. The van der Waals surface area contributed by atoms with E-state index in [1.807, 2.05) is 38.2 Å². The highest BCUT2D eigenvalue weighted by molar-refractivity contribution is 5.96. The van der Waals surface area contributed by atoms with Gasteiger partial charge in [0.1, 0.15) is 0 Å². The van der Waals surface area contributed by atoms with Crippen LogP contribution in [-0.4, -0.2) is 5.91 Å². The maximum Gasteiger partial charge on any atom is 0.254 e. The Bertz CT molecular complexity index is 460. The highest BCUT2D eigenvalue weighted by Gasteiger charge is 2.01. The molecule has 2 nitrogen and oxygen atoms in total. The molecule has 0 unspecified atom stereocenters. The first kappa shape index (κ1) is 16.6. The van der Waals surface area contributed by atoms with Crippen molar-refractivity contribution < 1.29 is 4.79 Å². The quantitative estimate of drug-likeness (QED) is 0.541. The summed E-state index contributed by atoms with van der Waals surface area (Å²) >= 11 is 0. The van der Waals surface area contributed by atoms with Crippen molar-refractivity contribution in [2.24, 2.45) is 0 Å². The maximum absolute atomic E-state index is 11.8. The van der Waals surface area contributed by atoms with Crippen molar-refractivity contribution in [2.75, 3.05) is 0 Å². The van der Waals surface area contributed by atoms with Gasteiger partial charge in [-0.15, -0.1) is 0 Å². The topological polar surface area (TPSA) is 29.1 Å². The van der Waals surface area contributed by atoms with Crippen molar-refractivity contribution in [1.82, 2.24) is 5.32 Å². The fourth-order valence-electron chi connectivity index (χ4n) is 1.20. The Kier molecular flexibility index (Phi) is 9.45. The van der Waals surface area contributed by atoms with E-state index >= 15 is 0 Å². The fraction of sp³-hybridized carbons (Fsp3) is 0.118. The summed E-state index contributed by atoms with van der Waals surface area (Å²) in [6.45, 7) is 10.9. The SMILES string of the molecule is C=C\C=C/C(/C=C/NC(=O)C(/C=C\C=C)=C/C)=C\C. The first-order valence-electron chi connectivity index (χ1n) is 6.07. The predicted octanol–water partition coefficient (Wildman–Crippen LogP) is 3.99. The van der Waals surface area contributed by atoms with Crippen molar-refractivity contribution >= 4 is 5.91 Å². The number of carbonyl (C=O) groups is 1. The Morgan fingerprint density at radius 2 is 1.58 bits per heavy atom. The average Bonchev–Trinajstić information content (AvgIpc) is 2.43. The van der Waals surface area contributed by atoms with Gasteiger partial charge >= 0.3 is 0 Å². The molecule has 100 valence electrons. The molecule has 0 bridgehead atoms. The molecule has 1 amide bonds. The molecule has 0 aromatic heterocycles. The van der Waals surface area contributed by atoms with Crippen molar-refractivity contribution in [3.8, 4) is 0 Å². The van der Waals surface area contributed by atoms with E-state index in [4.69, 9.17) is 0 Å². The number of hydrogen-bond acceptors (Lipinski definition) is 1. The van der Waals surface area contributed by atoms with Gasteiger partial charge < -0.3 is 5.32 Å². The molecule has 0 radical (unpaired) electrons. The molecule has 0 rings (SSSR count). The van der Waals surface area contributed by atoms with Crippen LogP contribution < -0.4 is 5.32 Å². The Morgan fingerprint density at radius 3 is 2.11 bits per heavy atom. The summed E-state index contributed by atoms with van der Waals surface area (Å²) in [4.78, 5) is 11.8. The van der Waals surface area contributed by atoms with Crippen LogP contribution in [0.3, 0.4) is 0 Å². The molecule has 0 fully saturated rings. The zero-order valence-electron chi connectivity index (χ0n) is 11.6. The maximum atomic E-state index is 11.8. The number of amides is 1. The Labute approximate surface area is 115 Å². The van der Waals surface area contributed by atoms with Crippen molar-refractivity contribution in [3.63, 3.8) is 0 Å². The van der Waals surface area contributed by atoms with Crippen LogP contribution in [0.4, 0.5) is 0 Å². The molecule has 0 aliphatic heterocycles. The van der Waals surface area contributed by atoms with E-state index in [0.717, 1.165) is 5.57 Å². The molecule has 0 spiro atoms. The van der Waals surface area contributed by atoms with Crippen LogP contribution >= 0.6 is 0 Å². The number of nitrogens with one attached hydrogen (secondary N) is 1. The van der Waals surface area contributed by atoms with Gasteiger partial charge in [0.15, 0.2) is 0 Å². The Balaban J connectivity index is 4.58. The van der Waals surface area contributed by atoms with Crippen LogP contribution in [0.2, 0.25) is 0 Å².